The molecule has 0 bridgehead atoms. The number of carbonyl (C=O) groups is 2. The Bertz CT molecular complexity index is 996. The average molecular weight is 409 g/mol. The van der Waals surface area contributed by atoms with Gasteiger partial charge in [0.05, 0.1) is 17.5 Å². The van der Waals surface area contributed by atoms with E-state index in [1.54, 1.807) is 46.2 Å². The van der Waals surface area contributed by atoms with Crippen molar-refractivity contribution in [3.8, 4) is 5.75 Å². The van der Waals surface area contributed by atoms with E-state index in [0.717, 1.165) is 17.0 Å². The molecule has 156 valence electrons. The van der Waals surface area contributed by atoms with E-state index in [1.807, 2.05) is 13.8 Å². The number of amides is 2. The molecule has 4 rings (SSSR count). The molecule has 1 aliphatic rings. The number of hydrogen-bond acceptors (Lipinski definition) is 6. The maximum atomic E-state index is 12.8. The van der Waals surface area contributed by atoms with Gasteiger partial charge in [0, 0.05) is 31.7 Å². The van der Waals surface area contributed by atoms with E-state index in [1.165, 1.54) is 6.26 Å². The van der Waals surface area contributed by atoms with E-state index < -0.39 is 0 Å². The number of ether oxygens (including phenoxy) is 1. The molecule has 30 heavy (non-hydrogen) atoms. The van der Waals surface area contributed by atoms with E-state index in [4.69, 9.17) is 13.7 Å². The van der Waals surface area contributed by atoms with Crippen LogP contribution in [0.5, 0.6) is 5.75 Å². The monoisotopic (exact) mass is 409 g/mol. The molecule has 1 fully saturated rings. The second-order valence-electron chi connectivity index (χ2n) is 7.18. The van der Waals surface area contributed by atoms with Crippen LogP contribution in [-0.2, 0) is 6.61 Å². The molecular weight excluding hydrogens is 386 g/mol. The number of hydrogen-bond donors (Lipinski definition) is 0. The van der Waals surface area contributed by atoms with E-state index in [9.17, 15) is 9.59 Å². The Morgan fingerprint density at radius 3 is 2.23 bits per heavy atom. The largest absolute Gasteiger partial charge is 0.489 e. The Balaban J connectivity index is 1.31. The van der Waals surface area contributed by atoms with Gasteiger partial charge >= 0.3 is 0 Å². The van der Waals surface area contributed by atoms with Crippen molar-refractivity contribution >= 4 is 11.8 Å². The van der Waals surface area contributed by atoms with Gasteiger partial charge in [-0.3, -0.25) is 9.59 Å². The summed E-state index contributed by atoms with van der Waals surface area (Å²) < 4.78 is 16.1. The predicted octanol–water partition coefficient (Wildman–Crippen LogP) is 3.06. The van der Waals surface area contributed by atoms with Crippen molar-refractivity contribution in [2.24, 2.45) is 0 Å². The molecule has 0 unspecified atom stereocenters. The Morgan fingerprint density at radius 1 is 1.00 bits per heavy atom. The van der Waals surface area contributed by atoms with E-state index in [0.29, 0.717) is 49.9 Å². The fourth-order valence-electron chi connectivity index (χ4n) is 3.41. The minimum atomic E-state index is -0.146. The van der Waals surface area contributed by atoms with Gasteiger partial charge in [-0.05, 0) is 50.2 Å². The first-order valence-electron chi connectivity index (χ1n) is 9.79. The Labute approximate surface area is 174 Å². The highest BCUT2D eigenvalue weighted by molar-refractivity contribution is 5.95. The third-order valence-corrected chi connectivity index (χ3v) is 5.25. The number of furan rings is 1. The molecule has 0 saturated carbocycles. The summed E-state index contributed by atoms with van der Waals surface area (Å²) >= 11 is 0. The molecule has 1 aromatic carbocycles. The van der Waals surface area contributed by atoms with E-state index in [2.05, 4.69) is 5.16 Å². The van der Waals surface area contributed by atoms with Crippen LogP contribution >= 0.6 is 0 Å². The highest BCUT2D eigenvalue weighted by atomic mass is 16.5. The normalized spacial score (nSPS) is 14.1. The molecule has 2 aromatic heterocycles. The summed E-state index contributed by atoms with van der Waals surface area (Å²) in [6.45, 7) is 6.00. The number of benzene rings is 1. The molecule has 2 amide bonds. The van der Waals surface area contributed by atoms with Crippen molar-refractivity contribution in [3.63, 3.8) is 0 Å². The summed E-state index contributed by atoms with van der Waals surface area (Å²) in [5.74, 6) is 1.52. The third kappa shape index (κ3) is 4.07. The second-order valence-corrected chi connectivity index (χ2v) is 7.18. The van der Waals surface area contributed by atoms with Crippen molar-refractivity contribution in [2.75, 3.05) is 26.2 Å². The summed E-state index contributed by atoms with van der Waals surface area (Å²) in [7, 11) is 0. The summed E-state index contributed by atoms with van der Waals surface area (Å²) in [6, 6.07) is 10.4. The molecule has 0 aliphatic carbocycles. The molecule has 0 N–H and O–H groups in total. The number of carbonyl (C=O) groups excluding carboxylic acids is 2. The number of piperazine rings is 1. The van der Waals surface area contributed by atoms with Crippen LogP contribution in [0.1, 0.15) is 37.9 Å². The molecule has 8 nitrogen and oxygen atoms in total. The zero-order chi connectivity index (χ0) is 21.1. The van der Waals surface area contributed by atoms with E-state index >= 15 is 0 Å². The van der Waals surface area contributed by atoms with Crippen LogP contribution in [0.2, 0.25) is 0 Å². The summed E-state index contributed by atoms with van der Waals surface area (Å²) in [5, 5.41) is 3.91. The Kier molecular flexibility index (Phi) is 5.56. The molecule has 0 spiro atoms. The first-order valence-corrected chi connectivity index (χ1v) is 9.79. The van der Waals surface area contributed by atoms with Gasteiger partial charge in [-0.2, -0.15) is 0 Å². The molecule has 3 heterocycles. The molecule has 1 aliphatic heterocycles. The predicted molar refractivity (Wildman–Crippen MR) is 107 cm³/mol. The highest BCUT2D eigenvalue weighted by Gasteiger charge is 2.26. The van der Waals surface area contributed by atoms with Crippen LogP contribution in [0, 0.1) is 13.8 Å². The van der Waals surface area contributed by atoms with Gasteiger partial charge in [0.2, 0.25) is 0 Å². The van der Waals surface area contributed by atoms with Crippen LogP contribution in [0.25, 0.3) is 0 Å². The van der Waals surface area contributed by atoms with Crippen molar-refractivity contribution < 1.29 is 23.3 Å². The number of aromatic nitrogens is 1. The minimum absolute atomic E-state index is 0.0580. The zero-order valence-electron chi connectivity index (χ0n) is 17.0. The molecule has 1 saturated heterocycles. The molecule has 0 atom stereocenters. The Morgan fingerprint density at radius 2 is 1.67 bits per heavy atom. The summed E-state index contributed by atoms with van der Waals surface area (Å²) in [6.07, 6.45) is 1.48. The highest BCUT2D eigenvalue weighted by Crippen LogP contribution is 2.19. The van der Waals surface area contributed by atoms with Gasteiger partial charge in [0.25, 0.3) is 11.8 Å². The topological polar surface area (TPSA) is 89.0 Å². The number of rotatable bonds is 5. The lowest BCUT2D eigenvalue weighted by atomic mass is 10.1. The van der Waals surface area contributed by atoms with Gasteiger partial charge < -0.3 is 23.5 Å². The van der Waals surface area contributed by atoms with Crippen molar-refractivity contribution in [1.82, 2.24) is 15.0 Å². The van der Waals surface area contributed by atoms with Crippen molar-refractivity contribution in [3.05, 3.63) is 71.0 Å². The maximum absolute atomic E-state index is 12.8. The fraction of sp³-hybridized carbons (Fsp3) is 0.318. The third-order valence-electron chi connectivity index (χ3n) is 5.25. The lowest BCUT2D eigenvalue weighted by Crippen LogP contribution is -2.50. The fourth-order valence-corrected chi connectivity index (χ4v) is 3.41. The van der Waals surface area contributed by atoms with Gasteiger partial charge in [0.15, 0.2) is 5.76 Å². The molecular formula is C22H23N3O5. The van der Waals surface area contributed by atoms with Gasteiger partial charge in [0.1, 0.15) is 18.1 Å². The SMILES string of the molecule is Cc1noc(C)c1COc1ccc(C(=O)N2CCN(C(=O)c3ccco3)CC2)cc1. The van der Waals surface area contributed by atoms with Crippen LogP contribution in [0.3, 0.4) is 0 Å². The second kappa shape index (κ2) is 8.44. The van der Waals surface area contributed by atoms with Crippen LogP contribution < -0.4 is 4.74 Å². The maximum Gasteiger partial charge on any atom is 0.289 e. The van der Waals surface area contributed by atoms with Gasteiger partial charge in [-0.1, -0.05) is 5.16 Å². The standard InChI is InChI=1S/C22H23N3O5/c1-15-19(16(2)30-23-15)14-29-18-7-5-17(6-8-18)21(26)24-9-11-25(12-10-24)22(27)20-4-3-13-28-20/h3-8,13H,9-12,14H2,1-2H3. The molecule has 8 heteroatoms. The molecule has 3 aromatic rings. The number of aryl methyl sites for hydroxylation is 2. The zero-order valence-corrected chi connectivity index (χ0v) is 17.0. The lowest BCUT2D eigenvalue weighted by molar-refractivity contribution is 0.0518. The number of nitrogens with zero attached hydrogens (tertiary/aromatic N) is 3. The Hall–Kier alpha value is -3.55. The van der Waals surface area contributed by atoms with Crippen LogP contribution in [-0.4, -0.2) is 52.9 Å². The quantitative estimate of drug-likeness (QED) is 0.643. The van der Waals surface area contributed by atoms with Crippen LogP contribution in [0.4, 0.5) is 0 Å². The average Bonchev–Trinajstić information content (AvgIpc) is 3.42. The van der Waals surface area contributed by atoms with Crippen molar-refractivity contribution in [1.29, 1.82) is 0 Å². The smallest absolute Gasteiger partial charge is 0.289 e. The van der Waals surface area contributed by atoms with E-state index in [-0.39, 0.29) is 11.8 Å². The van der Waals surface area contributed by atoms with Gasteiger partial charge in [-0.15, -0.1) is 0 Å². The van der Waals surface area contributed by atoms with Crippen molar-refractivity contribution in [2.45, 2.75) is 20.5 Å². The molecule has 0 radical (unpaired) electrons. The van der Waals surface area contributed by atoms with Crippen LogP contribution in [0.15, 0.2) is 51.6 Å². The van der Waals surface area contributed by atoms with Gasteiger partial charge in [-0.25, -0.2) is 0 Å². The lowest BCUT2D eigenvalue weighted by Gasteiger charge is -2.34. The first kappa shape index (κ1) is 19.8. The first-order chi connectivity index (χ1) is 14.5. The minimum Gasteiger partial charge on any atom is -0.489 e. The summed E-state index contributed by atoms with van der Waals surface area (Å²) in [5.41, 5.74) is 2.33. The summed E-state index contributed by atoms with van der Waals surface area (Å²) in [4.78, 5) is 28.6.